The van der Waals surface area contributed by atoms with E-state index in [2.05, 4.69) is 27.3 Å². The van der Waals surface area contributed by atoms with Crippen LogP contribution in [0, 0.1) is 13.8 Å². The van der Waals surface area contributed by atoms with E-state index in [1.54, 1.807) is 0 Å². The highest BCUT2D eigenvalue weighted by Gasteiger charge is 2.29. The number of H-pyrrole nitrogens is 1. The van der Waals surface area contributed by atoms with Gasteiger partial charge in [0.05, 0.1) is 11.7 Å². The lowest BCUT2D eigenvalue weighted by molar-refractivity contribution is 0.175. The van der Waals surface area contributed by atoms with Crippen LogP contribution in [0.2, 0.25) is 0 Å². The largest absolute Gasteiger partial charge is 0.338 e. The highest BCUT2D eigenvalue weighted by molar-refractivity contribution is 5.74. The van der Waals surface area contributed by atoms with Gasteiger partial charge in [0.1, 0.15) is 0 Å². The number of likely N-dealkylation sites (tertiary alicyclic amines) is 2. The first-order valence-electron chi connectivity index (χ1n) is 9.95. The van der Waals surface area contributed by atoms with E-state index in [4.69, 9.17) is 0 Å². The van der Waals surface area contributed by atoms with E-state index in [1.165, 1.54) is 44.3 Å². The Bertz CT molecular complexity index is 545. The highest BCUT2D eigenvalue weighted by Crippen LogP contribution is 2.33. The number of rotatable bonds is 5. The summed E-state index contributed by atoms with van der Waals surface area (Å²) in [7, 11) is 0. The van der Waals surface area contributed by atoms with Gasteiger partial charge in [-0.1, -0.05) is 12.8 Å². The van der Waals surface area contributed by atoms with Crippen LogP contribution in [0.15, 0.2) is 0 Å². The molecule has 0 bridgehead atoms. The first-order chi connectivity index (χ1) is 12.2. The van der Waals surface area contributed by atoms with Crippen LogP contribution >= 0.6 is 0 Å². The maximum Gasteiger partial charge on any atom is 0.317 e. The van der Waals surface area contributed by atoms with Crippen LogP contribution in [0.5, 0.6) is 0 Å². The number of carbonyl (C=O) groups is 1. The zero-order valence-electron chi connectivity index (χ0n) is 15.8. The Balaban J connectivity index is 1.57. The summed E-state index contributed by atoms with van der Waals surface area (Å²) in [5.74, 6) is 0. The van der Waals surface area contributed by atoms with Crippen LogP contribution in [-0.2, 0) is 0 Å². The molecule has 1 aromatic heterocycles. The number of hydrogen-bond acceptors (Lipinski definition) is 3. The second-order valence-corrected chi connectivity index (χ2v) is 7.54. The Morgan fingerprint density at radius 3 is 2.64 bits per heavy atom. The molecule has 0 radical (unpaired) electrons. The molecule has 2 aliphatic rings. The average Bonchev–Trinajstić information content (AvgIpc) is 3.15. The molecule has 2 aliphatic heterocycles. The third kappa shape index (κ3) is 4.54. The van der Waals surface area contributed by atoms with E-state index in [0.717, 1.165) is 50.3 Å². The van der Waals surface area contributed by atoms with Crippen molar-refractivity contribution >= 4 is 6.03 Å². The van der Waals surface area contributed by atoms with Crippen molar-refractivity contribution in [2.24, 2.45) is 0 Å². The molecule has 2 amide bonds. The molecule has 2 fully saturated rings. The molecule has 1 atom stereocenters. The molecule has 6 heteroatoms. The summed E-state index contributed by atoms with van der Waals surface area (Å²) in [5, 5.41) is 10.6. The van der Waals surface area contributed by atoms with Gasteiger partial charge in [0.25, 0.3) is 0 Å². The summed E-state index contributed by atoms with van der Waals surface area (Å²) in [6.07, 6.45) is 8.18. The van der Waals surface area contributed by atoms with Crippen molar-refractivity contribution in [3.05, 3.63) is 17.0 Å². The molecule has 6 nitrogen and oxygen atoms in total. The van der Waals surface area contributed by atoms with Gasteiger partial charge in [0, 0.05) is 24.3 Å². The first-order valence-corrected chi connectivity index (χ1v) is 9.95. The number of nitrogens with one attached hydrogen (secondary N) is 2. The Morgan fingerprint density at radius 2 is 1.92 bits per heavy atom. The van der Waals surface area contributed by atoms with Crippen molar-refractivity contribution in [2.45, 2.75) is 64.8 Å². The normalized spacial score (nSPS) is 22.2. The topological polar surface area (TPSA) is 64.3 Å². The highest BCUT2D eigenvalue weighted by atomic mass is 16.2. The lowest BCUT2D eigenvalue weighted by Gasteiger charge is -2.31. The standard InChI is InChI=1S/C19H33N5O/c1-15-18(16(2)22-21-15)17-9-4-3-5-14-24(17)19(25)20-10-8-13-23-11-6-7-12-23/h17H,3-14H2,1-2H3,(H,20,25)(H,21,22)/t17-/m0/s1. The van der Waals surface area contributed by atoms with Crippen molar-refractivity contribution in [1.29, 1.82) is 0 Å². The number of carbonyl (C=O) groups excluding carboxylic acids is 1. The molecule has 0 spiro atoms. The summed E-state index contributed by atoms with van der Waals surface area (Å²) in [6, 6.07) is 0.244. The second kappa shape index (κ2) is 8.70. The third-order valence-corrected chi connectivity index (χ3v) is 5.66. The summed E-state index contributed by atoms with van der Waals surface area (Å²) in [5.41, 5.74) is 3.33. The van der Waals surface area contributed by atoms with Gasteiger partial charge >= 0.3 is 6.03 Å². The number of aromatic nitrogens is 2. The number of aromatic amines is 1. The molecule has 140 valence electrons. The summed E-state index contributed by atoms with van der Waals surface area (Å²) < 4.78 is 0. The van der Waals surface area contributed by atoms with Crippen LogP contribution in [0.3, 0.4) is 0 Å². The average molecular weight is 348 g/mol. The minimum absolute atomic E-state index is 0.0910. The molecule has 2 saturated heterocycles. The number of urea groups is 1. The molecule has 0 saturated carbocycles. The summed E-state index contributed by atoms with van der Waals surface area (Å²) in [6.45, 7) is 9.25. The number of nitrogens with zero attached hydrogens (tertiary/aromatic N) is 3. The summed E-state index contributed by atoms with van der Waals surface area (Å²) in [4.78, 5) is 17.4. The van der Waals surface area contributed by atoms with Gasteiger partial charge in [0.15, 0.2) is 0 Å². The molecular formula is C19H33N5O. The van der Waals surface area contributed by atoms with Crippen molar-refractivity contribution in [3.8, 4) is 0 Å². The SMILES string of the molecule is Cc1n[nH]c(C)c1[C@@H]1CCCCCN1C(=O)NCCCN1CCCC1. The van der Waals surface area contributed by atoms with Gasteiger partial charge in [-0.15, -0.1) is 0 Å². The van der Waals surface area contributed by atoms with Crippen LogP contribution in [0.1, 0.15) is 67.9 Å². The minimum Gasteiger partial charge on any atom is -0.338 e. The second-order valence-electron chi connectivity index (χ2n) is 7.54. The predicted octanol–water partition coefficient (Wildman–Crippen LogP) is 3.14. The molecule has 3 rings (SSSR count). The molecule has 3 heterocycles. The Morgan fingerprint density at radius 1 is 1.16 bits per heavy atom. The summed E-state index contributed by atoms with van der Waals surface area (Å²) >= 11 is 0. The molecule has 0 aliphatic carbocycles. The van der Waals surface area contributed by atoms with E-state index in [0.29, 0.717) is 0 Å². The molecule has 1 aromatic rings. The molecule has 0 aromatic carbocycles. The van der Waals surface area contributed by atoms with Gasteiger partial charge < -0.3 is 15.1 Å². The molecule has 0 unspecified atom stereocenters. The fraction of sp³-hybridized carbons (Fsp3) is 0.789. The van der Waals surface area contributed by atoms with Crippen molar-refractivity contribution in [1.82, 2.24) is 25.3 Å². The fourth-order valence-electron chi connectivity index (χ4n) is 4.31. The van der Waals surface area contributed by atoms with Crippen molar-refractivity contribution < 1.29 is 4.79 Å². The van der Waals surface area contributed by atoms with Gasteiger partial charge in [0.2, 0.25) is 0 Å². The lowest BCUT2D eigenvalue weighted by Crippen LogP contribution is -2.43. The quantitative estimate of drug-likeness (QED) is 0.804. The van der Waals surface area contributed by atoms with E-state index in [1.807, 2.05) is 11.8 Å². The molecule has 2 N–H and O–H groups in total. The zero-order valence-corrected chi connectivity index (χ0v) is 15.8. The number of amides is 2. The number of hydrogen-bond donors (Lipinski definition) is 2. The van der Waals surface area contributed by atoms with E-state index in [9.17, 15) is 4.79 Å². The maximum atomic E-state index is 12.8. The smallest absolute Gasteiger partial charge is 0.317 e. The van der Waals surface area contributed by atoms with Crippen molar-refractivity contribution in [3.63, 3.8) is 0 Å². The number of aryl methyl sites for hydroxylation is 2. The Hall–Kier alpha value is -1.56. The van der Waals surface area contributed by atoms with Crippen LogP contribution in [0.25, 0.3) is 0 Å². The molecule has 25 heavy (non-hydrogen) atoms. The Labute approximate surface area is 151 Å². The first kappa shape index (κ1) is 18.2. The monoisotopic (exact) mass is 347 g/mol. The van der Waals surface area contributed by atoms with Gasteiger partial charge in [-0.25, -0.2) is 4.79 Å². The minimum atomic E-state index is 0.0910. The van der Waals surface area contributed by atoms with Crippen LogP contribution < -0.4 is 5.32 Å². The van der Waals surface area contributed by atoms with Gasteiger partial charge in [-0.05, 0) is 65.6 Å². The fourth-order valence-corrected chi connectivity index (χ4v) is 4.31. The lowest BCUT2D eigenvalue weighted by atomic mass is 9.99. The van der Waals surface area contributed by atoms with E-state index >= 15 is 0 Å². The van der Waals surface area contributed by atoms with Gasteiger partial charge in [-0.2, -0.15) is 5.10 Å². The molecular weight excluding hydrogens is 314 g/mol. The maximum absolute atomic E-state index is 12.8. The van der Waals surface area contributed by atoms with E-state index < -0.39 is 0 Å². The van der Waals surface area contributed by atoms with Crippen LogP contribution in [0.4, 0.5) is 4.79 Å². The van der Waals surface area contributed by atoms with Crippen molar-refractivity contribution in [2.75, 3.05) is 32.7 Å². The Kier molecular flexibility index (Phi) is 6.34. The van der Waals surface area contributed by atoms with Crippen LogP contribution in [-0.4, -0.2) is 58.8 Å². The third-order valence-electron chi connectivity index (χ3n) is 5.66. The zero-order chi connectivity index (χ0) is 17.6. The predicted molar refractivity (Wildman–Crippen MR) is 99.7 cm³/mol. The van der Waals surface area contributed by atoms with Gasteiger partial charge in [-0.3, -0.25) is 5.10 Å². The van der Waals surface area contributed by atoms with E-state index in [-0.39, 0.29) is 12.1 Å².